The summed E-state index contributed by atoms with van der Waals surface area (Å²) in [6.07, 6.45) is 5.75. The van der Waals surface area contributed by atoms with Crippen LogP contribution in [0.1, 0.15) is 63.9 Å². The molecule has 1 saturated carbocycles. The number of benzene rings is 2. The predicted molar refractivity (Wildman–Crippen MR) is 106 cm³/mol. The van der Waals surface area contributed by atoms with Crippen LogP contribution in [0.2, 0.25) is 5.02 Å². The molecule has 0 saturated heterocycles. The second-order valence-corrected chi connectivity index (χ2v) is 7.81. The molecular formula is C22H23ClN2O2. The van der Waals surface area contributed by atoms with E-state index in [0.717, 1.165) is 24.0 Å². The lowest BCUT2D eigenvalue weighted by molar-refractivity contribution is 0.0656. The highest BCUT2D eigenvalue weighted by Gasteiger charge is 2.35. The number of carbonyl (C=O) groups is 2. The lowest BCUT2D eigenvalue weighted by Gasteiger charge is -2.30. The molecule has 1 N–H and O–H groups in total. The maximum absolute atomic E-state index is 13.1. The molecule has 4 rings (SSSR count). The van der Waals surface area contributed by atoms with Crippen LogP contribution < -0.4 is 5.32 Å². The average molecular weight is 383 g/mol. The number of hydrogen-bond acceptors (Lipinski definition) is 2. The van der Waals surface area contributed by atoms with Gasteiger partial charge in [-0.3, -0.25) is 9.59 Å². The molecule has 5 heteroatoms. The Morgan fingerprint density at radius 2 is 1.81 bits per heavy atom. The maximum atomic E-state index is 13.1. The smallest absolute Gasteiger partial charge is 0.255 e. The van der Waals surface area contributed by atoms with Gasteiger partial charge in [-0.15, -0.1) is 0 Å². The fraction of sp³-hybridized carbons (Fsp3) is 0.364. The van der Waals surface area contributed by atoms with Crippen LogP contribution in [0.5, 0.6) is 0 Å². The molecule has 2 aromatic carbocycles. The number of halogens is 1. The third-order valence-electron chi connectivity index (χ3n) is 5.59. The highest BCUT2D eigenvalue weighted by molar-refractivity contribution is 6.30. The molecule has 0 spiro atoms. The third kappa shape index (κ3) is 3.72. The minimum Gasteiger partial charge on any atom is -0.348 e. The Morgan fingerprint density at radius 3 is 2.56 bits per heavy atom. The van der Waals surface area contributed by atoms with Gasteiger partial charge in [-0.25, -0.2) is 0 Å². The van der Waals surface area contributed by atoms with Gasteiger partial charge >= 0.3 is 0 Å². The van der Waals surface area contributed by atoms with Crippen molar-refractivity contribution >= 4 is 23.4 Å². The zero-order chi connectivity index (χ0) is 18.8. The van der Waals surface area contributed by atoms with Crippen LogP contribution in [0.4, 0.5) is 0 Å². The van der Waals surface area contributed by atoms with Gasteiger partial charge < -0.3 is 10.2 Å². The van der Waals surface area contributed by atoms with Gasteiger partial charge in [-0.2, -0.15) is 0 Å². The summed E-state index contributed by atoms with van der Waals surface area (Å²) in [4.78, 5) is 27.8. The molecule has 140 valence electrons. The number of hydrogen-bond donors (Lipinski definition) is 1. The first-order valence-electron chi connectivity index (χ1n) is 9.59. The molecule has 0 atom stereocenters. The summed E-state index contributed by atoms with van der Waals surface area (Å²) >= 11 is 5.90. The second-order valence-electron chi connectivity index (χ2n) is 7.37. The van der Waals surface area contributed by atoms with Crippen molar-refractivity contribution in [3.63, 3.8) is 0 Å². The van der Waals surface area contributed by atoms with E-state index in [-0.39, 0.29) is 11.8 Å². The van der Waals surface area contributed by atoms with Gasteiger partial charge in [0.15, 0.2) is 0 Å². The van der Waals surface area contributed by atoms with E-state index in [1.54, 1.807) is 18.2 Å². The Hall–Kier alpha value is -2.33. The molecule has 4 nitrogen and oxygen atoms in total. The monoisotopic (exact) mass is 382 g/mol. The number of amides is 2. The van der Waals surface area contributed by atoms with E-state index >= 15 is 0 Å². The van der Waals surface area contributed by atoms with Crippen LogP contribution in [-0.2, 0) is 13.1 Å². The Labute approximate surface area is 164 Å². The molecule has 2 aromatic rings. The van der Waals surface area contributed by atoms with Gasteiger partial charge in [0.05, 0.1) is 11.1 Å². The molecule has 1 heterocycles. The first-order valence-corrected chi connectivity index (χ1v) is 9.97. The van der Waals surface area contributed by atoms with Gasteiger partial charge in [0.25, 0.3) is 11.8 Å². The van der Waals surface area contributed by atoms with Gasteiger partial charge in [-0.1, -0.05) is 55.1 Å². The van der Waals surface area contributed by atoms with Crippen LogP contribution in [0.15, 0.2) is 42.5 Å². The number of carbonyl (C=O) groups excluding carboxylic acids is 2. The van der Waals surface area contributed by atoms with Crippen molar-refractivity contribution in [1.82, 2.24) is 10.2 Å². The minimum absolute atomic E-state index is 0.00847. The van der Waals surface area contributed by atoms with Crippen LogP contribution in [0, 0.1) is 0 Å². The predicted octanol–water partition coefficient (Wildman–Crippen LogP) is 4.56. The largest absolute Gasteiger partial charge is 0.348 e. The van der Waals surface area contributed by atoms with Crippen molar-refractivity contribution in [3.8, 4) is 0 Å². The summed E-state index contributed by atoms with van der Waals surface area (Å²) in [5.41, 5.74) is 2.99. The van der Waals surface area contributed by atoms with Crippen molar-refractivity contribution in [2.75, 3.05) is 0 Å². The molecule has 1 fully saturated rings. The zero-order valence-electron chi connectivity index (χ0n) is 15.2. The van der Waals surface area contributed by atoms with E-state index < -0.39 is 0 Å². The third-order valence-corrected chi connectivity index (χ3v) is 5.84. The molecule has 0 unspecified atom stereocenters. The highest BCUT2D eigenvalue weighted by Crippen LogP contribution is 2.32. The highest BCUT2D eigenvalue weighted by atomic mass is 35.5. The lowest BCUT2D eigenvalue weighted by Crippen LogP contribution is -2.37. The van der Waals surface area contributed by atoms with Gasteiger partial charge in [-0.05, 0) is 42.2 Å². The van der Waals surface area contributed by atoms with E-state index in [1.807, 2.05) is 29.2 Å². The Morgan fingerprint density at radius 1 is 1.07 bits per heavy atom. The van der Waals surface area contributed by atoms with Crippen LogP contribution in [0.25, 0.3) is 0 Å². The van der Waals surface area contributed by atoms with E-state index in [9.17, 15) is 9.59 Å². The summed E-state index contributed by atoms with van der Waals surface area (Å²) in [6, 6.07) is 13.3. The van der Waals surface area contributed by atoms with Crippen LogP contribution in [0.3, 0.4) is 0 Å². The van der Waals surface area contributed by atoms with Crippen LogP contribution in [-0.4, -0.2) is 22.8 Å². The van der Waals surface area contributed by atoms with Gasteiger partial charge in [0, 0.05) is 24.2 Å². The summed E-state index contributed by atoms with van der Waals surface area (Å²) in [5.74, 6) is -0.199. The average Bonchev–Trinajstić information content (AvgIpc) is 3.05. The molecule has 1 aliphatic carbocycles. The standard InChI is InChI=1S/C22H23ClN2O2/c23-17-11-9-15(10-12-17)13-24-21(26)19-8-4-5-16-14-25(22(27)20(16)19)18-6-2-1-3-7-18/h4-5,8-12,18H,1-3,6-7,13-14H2,(H,24,26). The molecule has 1 aliphatic heterocycles. The molecule has 0 radical (unpaired) electrons. The fourth-order valence-corrected chi connectivity index (χ4v) is 4.27. The minimum atomic E-state index is -0.208. The number of rotatable bonds is 4. The van der Waals surface area contributed by atoms with Crippen molar-refractivity contribution in [1.29, 1.82) is 0 Å². The Bertz CT molecular complexity index is 857. The Kier molecular flexibility index (Phi) is 5.17. The molecule has 2 aliphatic rings. The van der Waals surface area contributed by atoms with Crippen LogP contribution >= 0.6 is 11.6 Å². The quantitative estimate of drug-likeness (QED) is 0.842. The molecule has 27 heavy (non-hydrogen) atoms. The summed E-state index contributed by atoms with van der Waals surface area (Å²) in [7, 11) is 0. The Balaban J connectivity index is 1.50. The fourth-order valence-electron chi connectivity index (χ4n) is 4.14. The second kappa shape index (κ2) is 7.73. The molecule has 0 bridgehead atoms. The van der Waals surface area contributed by atoms with Crippen molar-refractivity contribution < 1.29 is 9.59 Å². The van der Waals surface area contributed by atoms with Crippen molar-refractivity contribution in [2.24, 2.45) is 0 Å². The van der Waals surface area contributed by atoms with E-state index in [1.165, 1.54) is 19.3 Å². The number of fused-ring (bicyclic) bond motifs is 1. The van der Waals surface area contributed by atoms with Crippen molar-refractivity contribution in [3.05, 3.63) is 69.7 Å². The molecule has 0 aromatic heterocycles. The van der Waals surface area contributed by atoms with Gasteiger partial charge in [0.2, 0.25) is 0 Å². The summed E-state index contributed by atoms with van der Waals surface area (Å²) < 4.78 is 0. The van der Waals surface area contributed by atoms with E-state index in [2.05, 4.69) is 5.32 Å². The summed E-state index contributed by atoms with van der Waals surface area (Å²) in [6.45, 7) is 1.03. The van der Waals surface area contributed by atoms with Crippen molar-refractivity contribution in [2.45, 2.75) is 51.2 Å². The molecular weight excluding hydrogens is 360 g/mol. The van der Waals surface area contributed by atoms with E-state index in [0.29, 0.717) is 35.3 Å². The lowest BCUT2D eigenvalue weighted by atomic mass is 9.94. The first kappa shape index (κ1) is 18.1. The maximum Gasteiger partial charge on any atom is 0.255 e. The summed E-state index contributed by atoms with van der Waals surface area (Å²) in [5, 5.41) is 3.59. The van der Waals surface area contributed by atoms with E-state index in [4.69, 9.17) is 11.6 Å². The first-order chi connectivity index (χ1) is 13.1. The molecule has 2 amide bonds. The number of nitrogens with one attached hydrogen (secondary N) is 1. The van der Waals surface area contributed by atoms with Gasteiger partial charge in [0.1, 0.15) is 0 Å². The zero-order valence-corrected chi connectivity index (χ0v) is 16.0. The SMILES string of the molecule is O=C(NCc1ccc(Cl)cc1)c1cccc2c1C(=O)N(C1CCCCC1)C2. The normalized spacial score (nSPS) is 17.1. The number of nitrogens with zero attached hydrogens (tertiary/aromatic N) is 1. The topological polar surface area (TPSA) is 49.4 Å².